The number of nitrogens with zero attached hydrogens (tertiary/aromatic N) is 2. The second kappa shape index (κ2) is 5.98. The molecule has 1 fully saturated rings. The molecule has 1 aromatic rings. The van der Waals surface area contributed by atoms with Gasteiger partial charge in [0, 0.05) is 20.1 Å². The van der Waals surface area contributed by atoms with Crippen molar-refractivity contribution in [3.05, 3.63) is 28.3 Å². The molecule has 1 N–H and O–H groups in total. The molecule has 7 nitrogen and oxygen atoms in total. The van der Waals surface area contributed by atoms with Gasteiger partial charge in [0.25, 0.3) is 0 Å². The minimum absolute atomic E-state index is 0.200. The molecule has 1 heterocycles. The quantitative estimate of drug-likeness (QED) is 0.678. The van der Waals surface area contributed by atoms with Crippen LogP contribution in [0, 0.1) is 16.0 Å². The second-order valence-electron chi connectivity index (χ2n) is 5.27. The molecule has 21 heavy (non-hydrogen) atoms. The van der Waals surface area contributed by atoms with Crippen molar-refractivity contribution in [2.45, 2.75) is 24.7 Å². The van der Waals surface area contributed by atoms with Crippen molar-refractivity contribution in [2.75, 3.05) is 25.5 Å². The van der Waals surface area contributed by atoms with Crippen molar-refractivity contribution < 1.29 is 13.3 Å². The fraction of sp³-hybridized carbons (Fsp3) is 0.538. The average Bonchev–Trinajstić information content (AvgIpc) is 2.46. The molecule has 1 saturated heterocycles. The Morgan fingerprint density at radius 1 is 1.43 bits per heavy atom. The van der Waals surface area contributed by atoms with Crippen LogP contribution in [0.25, 0.3) is 0 Å². The first-order valence-corrected chi connectivity index (χ1v) is 8.27. The molecule has 116 valence electrons. The maximum absolute atomic E-state index is 12.7. The van der Waals surface area contributed by atoms with E-state index in [4.69, 9.17) is 0 Å². The highest BCUT2D eigenvalue weighted by Crippen LogP contribution is 2.34. The molecule has 2 rings (SSSR count). The molecule has 0 radical (unpaired) electrons. The molecule has 1 aromatic carbocycles. The summed E-state index contributed by atoms with van der Waals surface area (Å²) in [5.41, 5.74) is -0.190. The SMILES string of the molecule is CNc1cccc(S(=O)(=O)N2CCCC(C)C2)c1[N+](=O)[O-]. The van der Waals surface area contributed by atoms with E-state index in [0.29, 0.717) is 13.1 Å². The third kappa shape index (κ3) is 3.01. The van der Waals surface area contributed by atoms with Crippen LogP contribution in [0.1, 0.15) is 19.8 Å². The van der Waals surface area contributed by atoms with Gasteiger partial charge in [-0.05, 0) is 30.9 Å². The summed E-state index contributed by atoms with van der Waals surface area (Å²) >= 11 is 0. The molecule has 0 saturated carbocycles. The van der Waals surface area contributed by atoms with Crippen molar-refractivity contribution in [3.8, 4) is 0 Å². The van der Waals surface area contributed by atoms with E-state index in [-0.39, 0.29) is 16.5 Å². The smallest absolute Gasteiger partial charge is 0.312 e. The van der Waals surface area contributed by atoms with Gasteiger partial charge in [-0.2, -0.15) is 4.31 Å². The van der Waals surface area contributed by atoms with Crippen LogP contribution in [-0.4, -0.2) is 37.8 Å². The van der Waals surface area contributed by atoms with Crippen LogP contribution in [0.15, 0.2) is 23.1 Å². The number of nitrogens with one attached hydrogen (secondary N) is 1. The molecule has 1 atom stereocenters. The predicted octanol–water partition coefficient (Wildman–Crippen LogP) is 2.06. The highest BCUT2D eigenvalue weighted by atomic mass is 32.2. The van der Waals surface area contributed by atoms with Crippen molar-refractivity contribution in [3.63, 3.8) is 0 Å². The van der Waals surface area contributed by atoms with Gasteiger partial charge >= 0.3 is 5.69 Å². The topological polar surface area (TPSA) is 92.6 Å². The molecule has 0 aromatic heterocycles. The second-order valence-corrected chi connectivity index (χ2v) is 7.18. The Morgan fingerprint density at radius 2 is 2.14 bits per heavy atom. The van der Waals surface area contributed by atoms with Gasteiger partial charge in [0.2, 0.25) is 10.0 Å². The number of hydrogen-bond donors (Lipinski definition) is 1. The Bertz CT molecular complexity index is 645. The Kier molecular flexibility index (Phi) is 4.48. The van der Waals surface area contributed by atoms with Crippen molar-refractivity contribution >= 4 is 21.4 Å². The van der Waals surface area contributed by atoms with Gasteiger partial charge in [0.15, 0.2) is 4.90 Å². The molecule has 0 spiro atoms. The summed E-state index contributed by atoms with van der Waals surface area (Å²) in [5.74, 6) is 0.264. The van der Waals surface area contributed by atoms with E-state index < -0.39 is 20.6 Å². The van der Waals surface area contributed by atoms with E-state index in [1.807, 2.05) is 6.92 Å². The number of hydrogen-bond acceptors (Lipinski definition) is 5. The van der Waals surface area contributed by atoms with Crippen molar-refractivity contribution in [2.24, 2.45) is 5.92 Å². The summed E-state index contributed by atoms with van der Waals surface area (Å²) in [6.07, 6.45) is 1.75. The van der Waals surface area contributed by atoms with E-state index in [2.05, 4.69) is 5.32 Å². The third-order valence-electron chi connectivity index (χ3n) is 3.69. The highest BCUT2D eigenvalue weighted by Gasteiger charge is 2.35. The summed E-state index contributed by atoms with van der Waals surface area (Å²) in [4.78, 5) is 10.4. The number of benzene rings is 1. The molecule has 1 unspecified atom stereocenters. The lowest BCUT2D eigenvalue weighted by molar-refractivity contribution is -0.386. The summed E-state index contributed by atoms with van der Waals surface area (Å²) in [7, 11) is -2.32. The number of piperidine rings is 1. The summed E-state index contributed by atoms with van der Waals surface area (Å²) in [5, 5.41) is 14.0. The van der Waals surface area contributed by atoms with Gasteiger partial charge in [-0.1, -0.05) is 13.0 Å². The van der Waals surface area contributed by atoms with Crippen LogP contribution in [0.2, 0.25) is 0 Å². The maximum atomic E-state index is 12.7. The Balaban J connectivity index is 2.52. The Morgan fingerprint density at radius 3 is 2.71 bits per heavy atom. The van der Waals surface area contributed by atoms with Crippen LogP contribution >= 0.6 is 0 Å². The molecule has 0 amide bonds. The van der Waals surface area contributed by atoms with Gasteiger partial charge in [-0.15, -0.1) is 0 Å². The molecule has 0 bridgehead atoms. The number of rotatable bonds is 4. The van der Waals surface area contributed by atoms with E-state index in [0.717, 1.165) is 12.8 Å². The molecular formula is C13H19N3O4S. The van der Waals surface area contributed by atoms with Crippen LogP contribution in [0.3, 0.4) is 0 Å². The minimum atomic E-state index is -3.85. The van der Waals surface area contributed by atoms with Crippen LogP contribution in [0.4, 0.5) is 11.4 Å². The number of nitro groups is 1. The Labute approximate surface area is 124 Å². The van der Waals surface area contributed by atoms with Gasteiger partial charge in [-0.25, -0.2) is 8.42 Å². The zero-order valence-electron chi connectivity index (χ0n) is 12.1. The van der Waals surface area contributed by atoms with E-state index in [9.17, 15) is 18.5 Å². The number of nitro benzene ring substituents is 1. The lowest BCUT2D eigenvalue weighted by atomic mass is 10.0. The summed E-state index contributed by atoms with van der Waals surface area (Å²) < 4.78 is 26.8. The number of anilines is 1. The fourth-order valence-electron chi connectivity index (χ4n) is 2.62. The first kappa shape index (κ1) is 15.7. The van der Waals surface area contributed by atoms with Crippen molar-refractivity contribution in [1.29, 1.82) is 0 Å². The minimum Gasteiger partial charge on any atom is -0.383 e. The predicted molar refractivity (Wildman–Crippen MR) is 79.8 cm³/mol. The van der Waals surface area contributed by atoms with Crippen LogP contribution < -0.4 is 5.32 Å². The zero-order chi connectivity index (χ0) is 15.6. The lowest BCUT2D eigenvalue weighted by Gasteiger charge is -2.29. The molecule has 0 aliphatic carbocycles. The molecule has 8 heteroatoms. The molecular weight excluding hydrogens is 294 g/mol. The molecule has 1 aliphatic rings. The normalized spacial score (nSPS) is 20.2. The third-order valence-corrected chi connectivity index (χ3v) is 5.59. The van der Waals surface area contributed by atoms with Gasteiger partial charge < -0.3 is 5.32 Å². The lowest BCUT2D eigenvalue weighted by Crippen LogP contribution is -2.39. The average molecular weight is 313 g/mol. The largest absolute Gasteiger partial charge is 0.383 e. The monoisotopic (exact) mass is 313 g/mol. The Hall–Kier alpha value is -1.67. The summed E-state index contributed by atoms with van der Waals surface area (Å²) in [6.45, 7) is 2.80. The van der Waals surface area contributed by atoms with Gasteiger partial charge in [0.05, 0.1) is 4.92 Å². The van der Waals surface area contributed by atoms with E-state index in [1.165, 1.54) is 29.6 Å². The van der Waals surface area contributed by atoms with Gasteiger partial charge in [-0.3, -0.25) is 10.1 Å². The van der Waals surface area contributed by atoms with E-state index in [1.54, 1.807) is 0 Å². The maximum Gasteiger partial charge on any atom is 0.312 e. The first-order valence-electron chi connectivity index (χ1n) is 6.83. The zero-order valence-corrected chi connectivity index (χ0v) is 12.9. The fourth-order valence-corrected chi connectivity index (χ4v) is 4.40. The van der Waals surface area contributed by atoms with Gasteiger partial charge in [0.1, 0.15) is 5.69 Å². The highest BCUT2D eigenvalue weighted by molar-refractivity contribution is 7.89. The first-order chi connectivity index (χ1) is 9.87. The number of sulfonamides is 1. The number of para-hydroxylation sites is 1. The van der Waals surface area contributed by atoms with Crippen LogP contribution in [-0.2, 0) is 10.0 Å². The standard InChI is InChI=1S/C13H19N3O4S/c1-10-5-4-8-15(9-10)21(19,20)12-7-3-6-11(14-2)13(12)16(17)18/h3,6-7,10,14H,4-5,8-9H2,1-2H3. The van der Waals surface area contributed by atoms with Crippen molar-refractivity contribution in [1.82, 2.24) is 4.31 Å². The molecule has 1 aliphatic heterocycles. The van der Waals surface area contributed by atoms with Crippen LogP contribution in [0.5, 0.6) is 0 Å². The van der Waals surface area contributed by atoms with E-state index >= 15 is 0 Å². The summed E-state index contributed by atoms with van der Waals surface area (Å²) in [6, 6.07) is 4.31.